The van der Waals surface area contributed by atoms with E-state index in [0.717, 1.165) is 9.26 Å². The Labute approximate surface area is 140 Å². The van der Waals surface area contributed by atoms with Gasteiger partial charge in [-0.1, -0.05) is 0 Å². The van der Waals surface area contributed by atoms with E-state index in [1.165, 1.54) is 6.33 Å². The average molecular weight is 405 g/mol. The molecular formula is C15H12IN5O. The maximum Gasteiger partial charge on any atom is 0.248 e. The van der Waals surface area contributed by atoms with Crippen molar-refractivity contribution in [3.63, 3.8) is 0 Å². The fourth-order valence-corrected chi connectivity index (χ4v) is 2.11. The smallest absolute Gasteiger partial charge is 0.248 e. The predicted octanol–water partition coefficient (Wildman–Crippen LogP) is 3.59. The molecule has 1 aromatic carbocycles. The van der Waals surface area contributed by atoms with Crippen molar-refractivity contribution in [3.8, 4) is 11.6 Å². The van der Waals surface area contributed by atoms with E-state index in [9.17, 15) is 0 Å². The molecular weight excluding hydrogens is 393 g/mol. The van der Waals surface area contributed by atoms with Gasteiger partial charge in [-0.2, -0.15) is 4.98 Å². The number of halogens is 1. The lowest BCUT2D eigenvalue weighted by Gasteiger charge is -2.11. The minimum absolute atomic E-state index is 0.288. The van der Waals surface area contributed by atoms with Crippen LogP contribution in [-0.4, -0.2) is 15.0 Å². The van der Waals surface area contributed by atoms with Gasteiger partial charge in [0.2, 0.25) is 5.88 Å². The summed E-state index contributed by atoms with van der Waals surface area (Å²) in [4.78, 5) is 12.2. The fraction of sp³-hybridized carbons (Fsp3) is 0. The second kappa shape index (κ2) is 6.56. The zero-order valence-electron chi connectivity index (χ0n) is 11.4. The molecule has 0 unspecified atom stereocenters. The quantitative estimate of drug-likeness (QED) is 0.646. The number of aromatic nitrogens is 3. The van der Waals surface area contributed by atoms with Gasteiger partial charge in [-0.05, 0) is 59.0 Å². The van der Waals surface area contributed by atoms with Crippen molar-refractivity contribution < 1.29 is 4.74 Å². The van der Waals surface area contributed by atoms with Crippen molar-refractivity contribution in [2.75, 3.05) is 11.1 Å². The first-order valence-corrected chi connectivity index (χ1v) is 7.51. The zero-order valence-corrected chi connectivity index (χ0v) is 13.6. The van der Waals surface area contributed by atoms with Crippen molar-refractivity contribution in [3.05, 3.63) is 58.7 Å². The van der Waals surface area contributed by atoms with Crippen molar-refractivity contribution in [2.45, 2.75) is 0 Å². The topological polar surface area (TPSA) is 86.0 Å². The highest BCUT2D eigenvalue weighted by Gasteiger charge is 2.10. The van der Waals surface area contributed by atoms with E-state index in [4.69, 9.17) is 10.5 Å². The van der Waals surface area contributed by atoms with Gasteiger partial charge in [0.15, 0.2) is 5.82 Å². The molecule has 110 valence electrons. The van der Waals surface area contributed by atoms with Gasteiger partial charge < -0.3 is 15.8 Å². The number of nitrogens with one attached hydrogen (secondary N) is 1. The van der Waals surface area contributed by atoms with Crippen LogP contribution in [0.4, 0.5) is 17.2 Å². The summed E-state index contributed by atoms with van der Waals surface area (Å²) in [6.07, 6.45) is 4.66. The summed E-state index contributed by atoms with van der Waals surface area (Å²) >= 11 is 2.25. The molecule has 2 aromatic heterocycles. The molecule has 0 bridgehead atoms. The summed E-state index contributed by atoms with van der Waals surface area (Å²) in [5.74, 6) is 1.35. The molecule has 7 heteroatoms. The second-order valence-corrected chi connectivity index (χ2v) is 5.61. The van der Waals surface area contributed by atoms with Crippen LogP contribution in [0.5, 0.6) is 11.6 Å². The van der Waals surface area contributed by atoms with Gasteiger partial charge in [-0.25, -0.2) is 4.98 Å². The molecule has 0 amide bonds. The van der Waals surface area contributed by atoms with E-state index in [-0.39, 0.29) is 5.88 Å². The Morgan fingerprint density at radius 2 is 1.91 bits per heavy atom. The van der Waals surface area contributed by atoms with Crippen LogP contribution in [0.3, 0.4) is 0 Å². The number of benzene rings is 1. The van der Waals surface area contributed by atoms with Crippen LogP contribution in [0.1, 0.15) is 0 Å². The highest BCUT2D eigenvalue weighted by atomic mass is 127. The summed E-state index contributed by atoms with van der Waals surface area (Å²) < 4.78 is 6.78. The molecule has 0 fully saturated rings. The first kappa shape index (κ1) is 14.5. The summed E-state index contributed by atoms with van der Waals surface area (Å²) in [5.41, 5.74) is 7.30. The van der Waals surface area contributed by atoms with Gasteiger partial charge in [-0.3, -0.25) is 4.98 Å². The third-order valence-corrected chi connectivity index (χ3v) is 3.52. The Bertz CT molecular complexity index is 765. The van der Waals surface area contributed by atoms with Crippen molar-refractivity contribution in [2.24, 2.45) is 0 Å². The Balaban J connectivity index is 1.84. The normalized spacial score (nSPS) is 10.2. The Morgan fingerprint density at radius 3 is 2.64 bits per heavy atom. The molecule has 0 saturated carbocycles. The Hall–Kier alpha value is -2.42. The summed E-state index contributed by atoms with van der Waals surface area (Å²) in [6, 6.07) is 11.4. The van der Waals surface area contributed by atoms with E-state index in [0.29, 0.717) is 17.3 Å². The number of pyridine rings is 1. The molecule has 3 rings (SSSR count). The zero-order chi connectivity index (χ0) is 15.4. The van der Waals surface area contributed by atoms with Crippen molar-refractivity contribution in [1.29, 1.82) is 0 Å². The maximum absolute atomic E-state index is 6.07. The van der Waals surface area contributed by atoms with E-state index in [1.54, 1.807) is 24.5 Å². The number of hydrogen-bond donors (Lipinski definition) is 2. The van der Waals surface area contributed by atoms with E-state index < -0.39 is 0 Å². The molecule has 0 radical (unpaired) electrons. The minimum atomic E-state index is 0.288. The number of nitrogens with zero attached hydrogens (tertiary/aromatic N) is 3. The third-order valence-electron chi connectivity index (χ3n) is 2.80. The highest BCUT2D eigenvalue weighted by molar-refractivity contribution is 14.1. The fourth-order valence-electron chi connectivity index (χ4n) is 1.75. The minimum Gasteiger partial charge on any atom is -0.435 e. The third kappa shape index (κ3) is 3.42. The molecule has 22 heavy (non-hydrogen) atoms. The molecule has 3 aromatic rings. The predicted molar refractivity (Wildman–Crippen MR) is 93.2 cm³/mol. The largest absolute Gasteiger partial charge is 0.435 e. The lowest BCUT2D eigenvalue weighted by atomic mass is 10.3. The van der Waals surface area contributed by atoms with Gasteiger partial charge in [0.1, 0.15) is 17.8 Å². The summed E-state index contributed by atoms with van der Waals surface area (Å²) in [6.45, 7) is 0. The van der Waals surface area contributed by atoms with Crippen LogP contribution < -0.4 is 15.8 Å². The van der Waals surface area contributed by atoms with E-state index in [1.807, 2.05) is 24.3 Å². The number of nitrogens with two attached hydrogens (primary N) is 1. The molecule has 2 heterocycles. The number of anilines is 3. The number of ether oxygens (including phenoxy) is 1. The first-order chi connectivity index (χ1) is 10.7. The van der Waals surface area contributed by atoms with Crippen LogP contribution in [0.25, 0.3) is 0 Å². The van der Waals surface area contributed by atoms with E-state index >= 15 is 0 Å². The summed E-state index contributed by atoms with van der Waals surface area (Å²) in [5, 5.41) is 3.15. The van der Waals surface area contributed by atoms with Crippen LogP contribution in [0.2, 0.25) is 0 Å². The number of rotatable bonds is 4. The van der Waals surface area contributed by atoms with Crippen molar-refractivity contribution >= 4 is 39.8 Å². The Kier molecular flexibility index (Phi) is 4.33. The lowest BCUT2D eigenvalue weighted by Crippen LogP contribution is -2.03. The van der Waals surface area contributed by atoms with Crippen LogP contribution in [0.15, 0.2) is 55.1 Å². The summed E-state index contributed by atoms with van der Waals surface area (Å²) in [7, 11) is 0. The molecule has 0 saturated heterocycles. The highest BCUT2D eigenvalue weighted by Crippen LogP contribution is 2.30. The standard InChI is InChI=1S/C15H12IN5O/c16-10-3-5-11(6-4-10)21-14-13(17)15(20-9-19-14)22-12-2-1-7-18-8-12/h1-9H,17H2,(H,19,20,21). The van der Waals surface area contributed by atoms with Crippen LogP contribution in [0, 0.1) is 3.57 Å². The number of hydrogen-bond acceptors (Lipinski definition) is 6. The van der Waals surface area contributed by atoms with Gasteiger partial charge >= 0.3 is 0 Å². The van der Waals surface area contributed by atoms with Crippen molar-refractivity contribution in [1.82, 2.24) is 15.0 Å². The molecule has 0 aliphatic carbocycles. The lowest BCUT2D eigenvalue weighted by molar-refractivity contribution is 0.462. The SMILES string of the molecule is Nc1c(Nc2ccc(I)cc2)ncnc1Oc1cccnc1. The monoisotopic (exact) mass is 405 g/mol. The first-order valence-electron chi connectivity index (χ1n) is 6.43. The molecule has 0 aliphatic heterocycles. The van der Waals surface area contributed by atoms with Gasteiger partial charge in [0.25, 0.3) is 0 Å². The van der Waals surface area contributed by atoms with E-state index in [2.05, 4.69) is 42.9 Å². The molecule has 0 atom stereocenters. The molecule has 6 nitrogen and oxygen atoms in total. The van der Waals surface area contributed by atoms with Crippen LogP contribution >= 0.6 is 22.6 Å². The second-order valence-electron chi connectivity index (χ2n) is 4.36. The van der Waals surface area contributed by atoms with Crippen LogP contribution in [-0.2, 0) is 0 Å². The average Bonchev–Trinajstić information content (AvgIpc) is 2.54. The number of nitrogen functional groups attached to an aromatic ring is 1. The molecule has 0 aliphatic rings. The molecule has 0 spiro atoms. The molecule has 3 N–H and O–H groups in total. The Morgan fingerprint density at radius 1 is 1.09 bits per heavy atom. The maximum atomic E-state index is 6.07. The van der Waals surface area contributed by atoms with Gasteiger partial charge in [0, 0.05) is 15.5 Å². The van der Waals surface area contributed by atoms with Gasteiger partial charge in [-0.15, -0.1) is 0 Å². The van der Waals surface area contributed by atoms with Gasteiger partial charge in [0.05, 0.1) is 6.20 Å².